The Morgan fingerprint density at radius 1 is 1.32 bits per heavy atom. The maximum atomic E-state index is 5.60. The van der Waals surface area contributed by atoms with Crippen LogP contribution in [0, 0.1) is 5.92 Å². The Morgan fingerprint density at radius 3 is 2.68 bits per heavy atom. The summed E-state index contributed by atoms with van der Waals surface area (Å²) in [4.78, 5) is 2.75. The number of hydrogen-bond acceptors (Lipinski definition) is 3. The molecule has 1 aliphatic carbocycles. The van der Waals surface area contributed by atoms with E-state index < -0.39 is 0 Å². The molecule has 3 nitrogen and oxygen atoms in total. The summed E-state index contributed by atoms with van der Waals surface area (Å²) in [5.41, 5.74) is 0.445. The summed E-state index contributed by atoms with van der Waals surface area (Å²) in [6, 6.07) is 0.665. The molecule has 0 bridgehead atoms. The van der Waals surface area contributed by atoms with Crippen LogP contribution in [-0.2, 0) is 4.74 Å². The molecule has 1 aliphatic heterocycles. The van der Waals surface area contributed by atoms with E-state index in [9.17, 15) is 0 Å². The molecular weight excluding hydrogens is 236 g/mol. The molecule has 0 radical (unpaired) electrons. The van der Waals surface area contributed by atoms with Crippen LogP contribution in [0.1, 0.15) is 52.9 Å². The molecule has 19 heavy (non-hydrogen) atoms. The van der Waals surface area contributed by atoms with Crippen LogP contribution < -0.4 is 5.32 Å². The minimum atomic E-state index is 0.445. The fourth-order valence-electron chi connectivity index (χ4n) is 3.77. The van der Waals surface area contributed by atoms with Gasteiger partial charge in [-0.05, 0) is 25.7 Å². The zero-order valence-corrected chi connectivity index (χ0v) is 13.1. The summed E-state index contributed by atoms with van der Waals surface area (Å²) < 4.78 is 5.60. The SMILES string of the molecule is CCOCCN1CC(C(C)CC)NCC12CCCC2. The van der Waals surface area contributed by atoms with Gasteiger partial charge in [-0.2, -0.15) is 0 Å². The van der Waals surface area contributed by atoms with Crippen molar-refractivity contribution in [3.05, 3.63) is 0 Å². The topological polar surface area (TPSA) is 24.5 Å². The third kappa shape index (κ3) is 3.50. The van der Waals surface area contributed by atoms with Gasteiger partial charge in [-0.15, -0.1) is 0 Å². The molecule has 0 amide bonds. The first-order valence-corrected chi connectivity index (χ1v) is 8.28. The molecule has 2 fully saturated rings. The minimum absolute atomic E-state index is 0.445. The van der Waals surface area contributed by atoms with Gasteiger partial charge in [0.2, 0.25) is 0 Å². The van der Waals surface area contributed by atoms with Crippen molar-refractivity contribution < 1.29 is 4.74 Å². The fraction of sp³-hybridized carbons (Fsp3) is 1.00. The highest BCUT2D eigenvalue weighted by atomic mass is 16.5. The van der Waals surface area contributed by atoms with Crippen molar-refractivity contribution in [2.75, 3.05) is 32.8 Å². The van der Waals surface area contributed by atoms with Crippen molar-refractivity contribution in [3.63, 3.8) is 0 Å². The van der Waals surface area contributed by atoms with E-state index >= 15 is 0 Å². The molecule has 2 rings (SSSR count). The van der Waals surface area contributed by atoms with Crippen LogP contribution in [0.25, 0.3) is 0 Å². The van der Waals surface area contributed by atoms with Gasteiger partial charge in [0.25, 0.3) is 0 Å². The average molecular weight is 268 g/mol. The molecule has 0 aromatic carbocycles. The van der Waals surface area contributed by atoms with Crippen LogP contribution in [0.3, 0.4) is 0 Å². The predicted octanol–water partition coefficient (Wildman–Crippen LogP) is 2.66. The second-order valence-corrected chi connectivity index (χ2v) is 6.45. The standard InChI is InChI=1S/C16H32N2O/c1-4-14(3)15-12-18(10-11-19-5-2)16(13-17-15)8-6-7-9-16/h14-15,17H,4-13H2,1-3H3. The van der Waals surface area contributed by atoms with Crippen molar-refractivity contribution in [1.29, 1.82) is 0 Å². The Bertz CT molecular complexity index is 263. The zero-order valence-electron chi connectivity index (χ0n) is 13.1. The van der Waals surface area contributed by atoms with Gasteiger partial charge in [0.15, 0.2) is 0 Å². The van der Waals surface area contributed by atoms with Gasteiger partial charge >= 0.3 is 0 Å². The molecule has 2 atom stereocenters. The maximum absolute atomic E-state index is 5.60. The van der Waals surface area contributed by atoms with E-state index in [1.807, 2.05) is 0 Å². The van der Waals surface area contributed by atoms with Crippen LogP contribution in [0.2, 0.25) is 0 Å². The van der Waals surface area contributed by atoms with E-state index in [0.717, 1.165) is 25.7 Å². The van der Waals surface area contributed by atoms with E-state index in [1.54, 1.807) is 0 Å². The van der Waals surface area contributed by atoms with Crippen molar-refractivity contribution in [1.82, 2.24) is 10.2 Å². The minimum Gasteiger partial charge on any atom is -0.380 e. The summed E-state index contributed by atoms with van der Waals surface area (Å²) >= 11 is 0. The Hall–Kier alpha value is -0.120. The molecular formula is C16H32N2O. The van der Waals surface area contributed by atoms with E-state index in [-0.39, 0.29) is 0 Å². The molecule has 1 spiro atoms. The molecule has 1 saturated carbocycles. The molecule has 1 N–H and O–H groups in total. The number of hydrogen-bond donors (Lipinski definition) is 1. The Morgan fingerprint density at radius 2 is 2.05 bits per heavy atom. The number of ether oxygens (including phenoxy) is 1. The lowest BCUT2D eigenvalue weighted by molar-refractivity contribution is 0.00628. The number of piperazine rings is 1. The van der Waals surface area contributed by atoms with Crippen LogP contribution in [0.5, 0.6) is 0 Å². The highest BCUT2D eigenvalue weighted by molar-refractivity contribution is 5.02. The monoisotopic (exact) mass is 268 g/mol. The van der Waals surface area contributed by atoms with Gasteiger partial charge in [-0.25, -0.2) is 0 Å². The molecule has 2 aliphatic rings. The number of rotatable bonds is 6. The lowest BCUT2D eigenvalue weighted by Gasteiger charge is -2.49. The average Bonchev–Trinajstić information content (AvgIpc) is 2.90. The Labute approximate surface area is 119 Å². The normalized spacial score (nSPS) is 28.9. The maximum Gasteiger partial charge on any atom is 0.0593 e. The molecule has 0 aromatic heterocycles. The van der Waals surface area contributed by atoms with Crippen molar-refractivity contribution in [2.45, 2.75) is 64.5 Å². The number of nitrogens with zero attached hydrogens (tertiary/aromatic N) is 1. The summed E-state index contributed by atoms with van der Waals surface area (Å²) in [5, 5.41) is 3.84. The van der Waals surface area contributed by atoms with E-state index in [0.29, 0.717) is 11.6 Å². The van der Waals surface area contributed by atoms with Crippen LogP contribution in [0.4, 0.5) is 0 Å². The second kappa shape index (κ2) is 7.05. The Kier molecular flexibility index (Phi) is 5.67. The highest BCUT2D eigenvalue weighted by Crippen LogP contribution is 2.37. The van der Waals surface area contributed by atoms with E-state index in [4.69, 9.17) is 4.74 Å². The predicted molar refractivity (Wildman–Crippen MR) is 80.5 cm³/mol. The first kappa shape index (κ1) is 15.3. The largest absolute Gasteiger partial charge is 0.380 e. The van der Waals surface area contributed by atoms with Crippen LogP contribution in [0.15, 0.2) is 0 Å². The molecule has 0 aromatic rings. The Balaban J connectivity index is 1.97. The lowest BCUT2D eigenvalue weighted by atomic mass is 9.87. The smallest absolute Gasteiger partial charge is 0.0593 e. The molecule has 3 heteroatoms. The summed E-state index contributed by atoms with van der Waals surface area (Å²) in [6.45, 7) is 12.0. The van der Waals surface area contributed by atoms with Gasteiger partial charge in [-0.1, -0.05) is 33.1 Å². The van der Waals surface area contributed by atoms with Gasteiger partial charge in [0, 0.05) is 37.8 Å². The molecule has 1 heterocycles. The van der Waals surface area contributed by atoms with Gasteiger partial charge in [0.05, 0.1) is 6.61 Å². The van der Waals surface area contributed by atoms with E-state index in [1.165, 1.54) is 45.2 Å². The van der Waals surface area contributed by atoms with Crippen molar-refractivity contribution >= 4 is 0 Å². The fourth-order valence-corrected chi connectivity index (χ4v) is 3.77. The second-order valence-electron chi connectivity index (χ2n) is 6.45. The molecule has 1 saturated heterocycles. The van der Waals surface area contributed by atoms with Crippen molar-refractivity contribution in [3.8, 4) is 0 Å². The first-order valence-electron chi connectivity index (χ1n) is 8.28. The molecule has 112 valence electrons. The quantitative estimate of drug-likeness (QED) is 0.750. The van der Waals surface area contributed by atoms with Crippen LogP contribution >= 0.6 is 0 Å². The summed E-state index contributed by atoms with van der Waals surface area (Å²) in [6.07, 6.45) is 6.82. The first-order chi connectivity index (χ1) is 9.22. The third-order valence-corrected chi connectivity index (χ3v) is 5.36. The third-order valence-electron chi connectivity index (χ3n) is 5.36. The zero-order chi connectivity index (χ0) is 13.7. The van der Waals surface area contributed by atoms with Gasteiger partial charge in [0.1, 0.15) is 0 Å². The van der Waals surface area contributed by atoms with Gasteiger partial charge in [-0.3, -0.25) is 4.90 Å². The van der Waals surface area contributed by atoms with Gasteiger partial charge < -0.3 is 10.1 Å². The van der Waals surface area contributed by atoms with Crippen LogP contribution in [-0.4, -0.2) is 49.3 Å². The summed E-state index contributed by atoms with van der Waals surface area (Å²) in [5.74, 6) is 0.772. The molecule has 2 unspecified atom stereocenters. The van der Waals surface area contributed by atoms with E-state index in [2.05, 4.69) is 31.0 Å². The summed E-state index contributed by atoms with van der Waals surface area (Å²) in [7, 11) is 0. The lowest BCUT2D eigenvalue weighted by Crippen LogP contribution is -2.65. The number of nitrogens with one attached hydrogen (secondary N) is 1. The van der Waals surface area contributed by atoms with Crippen molar-refractivity contribution in [2.24, 2.45) is 5.92 Å². The highest BCUT2D eigenvalue weighted by Gasteiger charge is 2.43.